The van der Waals surface area contributed by atoms with Crippen LogP contribution in [0.25, 0.3) is 0 Å². The Morgan fingerprint density at radius 3 is 2.70 bits per heavy atom. The Hall–Kier alpha value is -1.11. The normalized spacial score (nSPS) is 22.5. The predicted octanol–water partition coefficient (Wildman–Crippen LogP) is 2.17. The smallest absolute Gasteiger partial charge is 0.315 e. The third-order valence-electron chi connectivity index (χ3n) is 5.09. The monoisotopic (exact) mass is 337 g/mol. The van der Waals surface area contributed by atoms with Gasteiger partial charge in [0.25, 0.3) is 0 Å². The molecule has 2 fully saturated rings. The molecule has 6 heteroatoms. The average Bonchev–Trinajstić information content (AvgIpc) is 3.28. The summed E-state index contributed by atoms with van der Waals surface area (Å²) < 4.78 is 0. The lowest BCUT2D eigenvalue weighted by molar-refractivity contribution is 0.149. The second kappa shape index (κ2) is 7.20. The Morgan fingerprint density at radius 2 is 2.13 bits per heavy atom. The summed E-state index contributed by atoms with van der Waals surface area (Å²) in [6.45, 7) is 4.99. The van der Waals surface area contributed by atoms with Gasteiger partial charge in [0, 0.05) is 30.6 Å². The van der Waals surface area contributed by atoms with Crippen LogP contribution in [0.2, 0.25) is 0 Å². The first-order valence-corrected chi connectivity index (χ1v) is 9.41. The number of hydrogen-bond acceptors (Lipinski definition) is 4. The van der Waals surface area contributed by atoms with Crippen molar-refractivity contribution < 1.29 is 9.90 Å². The molecule has 0 spiro atoms. The number of carbonyl (C=O) groups excluding carboxylic acids is 1. The molecule has 23 heavy (non-hydrogen) atoms. The third kappa shape index (κ3) is 4.46. The summed E-state index contributed by atoms with van der Waals surface area (Å²) >= 11 is 1.80. The fourth-order valence-electron chi connectivity index (χ4n) is 3.33. The van der Waals surface area contributed by atoms with Crippen molar-refractivity contribution in [1.29, 1.82) is 0 Å². The summed E-state index contributed by atoms with van der Waals surface area (Å²) in [4.78, 5) is 16.1. The quantitative estimate of drug-likeness (QED) is 0.745. The van der Waals surface area contributed by atoms with Crippen molar-refractivity contribution in [3.8, 4) is 0 Å². The van der Waals surface area contributed by atoms with E-state index in [9.17, 15) is 9.90 Å². The molecule has 1 unspecified atom stereocenters. The van der Waals surface area contributed by atoms with Crippen molar-refractivity contribution in [1.82, 2.24) is 15.5 Å². The summed E-state index contributed by atoms with van der Waals surface area (Å²) in [6, 6.07) is 4.37. The van der Waals surface area contributed by atoms with Gasteiger partial charge in [0.05, 0.1) is 12.1 Å². The lowest BCUT2D eigenvalue weighted by Crippen LogP contribution is -2.56. The average molecular weight is 337 g/mol. The number of aliphatic hydroxyl groups is 1. The Labute approximate surface area is 142 Å². The molecule has 1 aliphatic heterocycles. The molecule has 5 nitrogen and oxygen atoms in total. The summed E-state index contributed by atoms with van der Waals surface area (Å²) in [5.74, 6) is 0.422. The van der Waals surface area contributed by atoms with E-state index in [2.05, 4.69) is 33.0 Å². The van der Waals surface area contributed by atoms with Crippen LogP contribution in [0.3, 0.4) is 0 Å². The molecular weight excluding hydrogens is 310 g/mol. The van der Waals surface area contributed by atoms with Crippen molar-refractivity contribution in [2.24, 2.45) is 5.92 Å². The van der Waals surface area contributed by atoms with Gasteiger partial charge < -0.3 is 15.7 Å². The first-order chi connectivity index (χ1) is 11.1. The van der Waals surface area contributed by atoms with E-state index >= 15 is 0 Å². The summed E-state index contributed by atoms with van der Waals surface area (Å²) in [7, 11) is 0. The maximum Gasteiger partial charge on any atom is 0.315 e. The standard InChI is InChI=1S/C17H27N3O2S/c1-17(12-21,13-4-5-13)19-16(22)18-14-6-8-20(9-7-14)11-15-3-2-10-23-15/h2-3,10,13-14,21H,4-9,11-12H2,1H3,(H2,18,19,22). The number of aliphatic hydroxyl groups excluding tert-OH is 1. The number of thiophene rings is 1. The van der Waals surface area contributed by atoms with Crippen LogP contribution in [0.4, 0.5) is 4.79 Å². The minimum atomic E-state index is -0.468. The van der Waals surface area contributed by atoms with Gasteiger partial charge in [-0.3, -0.25) is 4.90 Å². The molecule has 1 saturated heterocycles. The zero-order chi connectivity index (χ0) is 16.3. The van der Waals surface area contributed by atoms with Crippen molar-refractivity contribution >= 4 is 17.4 Å². The molecule has 1 aliphatic carbocycles. The maximum absolute atomic E-state index is 12.2. The van der Waals surface area contributed by atoms with Crippen LogP contribution in [0.1, 0.15) is 37.5 Å². The first kappa shape index (κ1) is 16.7. The third-order valence-corrected chi connectivity index (χ3v) is 5.95. The topological polar surface area (TPSA) is 64.6 Å². The number of rotatable bonds is 6. The second-order valence-corrected chi connectivity index (χ2v) is 8.11. The highest BCUT2D eigenvalue weighted by molar-refractivity contribution is 7.09. The van der Waals surface area contributed by atoms with Gasteiger partial charge in [-0.1, -0.05) is 6.07 Å². The van der Waals surface area contributed by atoms with Gasteiger partial charge >= 0.3 is 6.03 Å². The van der Waals surface area contributed by atoms with E-state index in [-0.39, 0.29) is 18.7 Å². The molecule has 0 radical (unpaired) electrons. The highest BCUT2D eigenvalue weighted by atomic mass is 32.1. The molecule has 1 aromatic rings. The molecule has 2 amide bonds. The predicted molar refractivity (Wildman–Crippen MR) is 92.5 cm³/mol. The number of nitrogens with zero attached hydrogens (tertiary/aromatic N) is 1. The summed E-state index contributed by atoms with van der Waals surface area (Å²) in [6.07, 6.45) is 4.16. The Kier molecular flexibility index (Phi) is 5.24. The van der Waals surface area contributed by atoms with Gasteiger partial charge in [0.1, 0.15) is 0 Å². The first-order valence-electron chi connectivity index (χ1n) is 8.53. The number of carbonyl (C=O) groups is 1. The van der Waals surface area contributed by atoms with Crippen LogP contribution in [0.15, 0.2) is 17.5 Å². The van der Waals surface area contributed by atoms with Crippen LogP contribution in [-0.4, -0.2) is 47.3 Å². The van der Waals surface area contributed by atoms with Gasteiger partial charge in [0.15, 0.2) is 0 Å². The summed E-state index contributed by atoms with van der Waals surface area (Å²) in [5, 5.41) is 17.8. The maximum atomic E-state index is 12.2. The van der Waals surface area contributed by atoms with E-state index in [1.165, 1.54) is 4.88 Å². The van der Waals surface area contributed by atoms with Gasteiger partial charge in [0.2, 0.25) is 0 Å². The van der Waals surface area contributed by atoms with Crippen LogP contribution in [0.5, 0.6) is 0 Å². The number of likely N-dealkylation sites (tertiary alicyclic amines) is 1. The largest absolute Gasteiger partial charge is 0.394 e. The molecule has 0 aromatic carbocycles. The zero-order valence-corrected chi connectivity index (χ0v) is 14.6. The number of piperidine rings is 1. The van der Waals surface area contributed by atoms with Crippen molar-refractivity contribution in [2.75, 3.05) is 19.7 Å². The fraction of sp³-hybridized carbons (Fsp3) is 0.706. The summed E-state index contributed by atoms with van der Waals surface area (Å²) in [5.41, 5.74) is -0.468. The molecule has 3 N–H and O–H groups in total. The second-order valence-electron chi connectivity index (χ2n) is 7.08. The van der Waals surface area contributed by atoms with Crippen LogP contribution >= 0.6 is 11.3 Å². The Balaban J connectivity index is 1.40. The fourth-order valence-corrected chi connectivity index (χ4v) is 4.08. The molecule has 1 aromatic heterocycles. The van der Waals surface area contributed by atoms with E-state index in [1.54, 1.807) is 11.3 Å². The molecule has 128 valence electrons. The van der Waals surface area contributed by atoms with E-state index in [4.69, 9.17) is 0 Å². The lowest BCUT2D eigenvalue weighted by atomic mass is 9.97. The molecule has 2 aliphatic rings. The van der Waals surface area contributed by atoms with E-state index < -0.39 is 5.54 Å². The molecule has 3 rings (SSSR count). The minimum Gasteiger partial charge on any atom is -0.394 e. The minimum absolute atomic E-state index is 0.00431. The van der Waals surface area contributed by atoms with Gasteiger partial charge in [-0.25, -0.2) is 4.79 Å². The molecule has 1 saturated carbocycles. The number of urea groups is 1. The van der Waals surface area contributed by atoms with Gasteiger partial charge in [-0.2, -0.15) is 0 Å². The van der Waals surface area contributed by atoms with Crippen molar-refractivity contribution in [3.05, 3.63) is 22.4 Å². The molecular formula is C17H27N3O2S. The highest BCUT2D eigenvalue weighted by Crippen LogP contribution is 2.39. The highest BCUT2D eigenvalue weighted by Gasteiger charge is 2.42. The van der Waals surface area contributed by atoms with E-state index in [1.807, 2.05) is 6.92 Å². The SMILES string of the molecule is CC(CO)(NC(=O)NC1CCN(Cc2cccs2)CC1)C1CC1. The number of hydrogen-bond donors (Lipinski definition) is 3. The van der Waals surface area contributed by atoms with Crippen LogP contribution in [0, 0.1) is 5.92 Å². The van der Waals surface area contributed by atoms with E-state index in [0.717, 1.165) is 45.3 Å². The van der Waals surface area contributed by atoms with E-state index in [0.29, 0.717) is 5.92 Å². The number of amides is 2. The molecule has 2 heterocycles. The molecule has 1 atom stereocenters. The lowest BCUT2D eigenvalue weighted by Gasteiger charge is -2.34. The number of nitrogens with one attached hydrogen (secondary N) is 2. The Bertz CT molecular complexity index is 510. The Morgan fingerprint density at radius 1 is 1.39 bits per heavy atom. The zero-order valence-electron chi connectivity index (χ0n) is 13.8. The van der Waals surface area contributed by atoms with Crippen molar-refractivity contribution in [2.45, 2.75) is 50.7 Å². The van der Waals surface area contributed by atoms with Gasteiger partial charge in [-0.15, -0.1) is 11.3 Å². The van der Waals surface area contributed by atoms with Gasteiger partial charge in [-0.05, 0) is 50.0 Å². The van der Waals surface area contributed by atoms with Crippen LogP contribution in [-0.2, 0) is 6.54 Å². The van der Waals surface area contributed by atoms with Crippen molar-refractivity contribution in [3.63, 3.8) is 0 Å². The van der Waals surface area contributed by atoms with Crippen LogP contribution < -0.4 is 10.6 Å². The molecule has 0 bridgehead atoms.